The third-order valence-electron chi connectivity index (χ3n) is 6.22. The SMILES string of the molecule is c1ccc(-c2cc(-c3cccc(-c4ccc(-c5ccncc5)cc4)c3)nc(-c3ccccc3)n2)cc1. The molecule has 2 heterocycles. The summed E-state index contributed by atoms with van der Waals surface area (Å²) in [6, 6.07) is 43.7. The predicted molar refractivity (Wildman–Crippen MR) is 147 cm³/mol. The lowest BCUT2D eigenvalue weighted by molar-refractivity contribution is 1.18. The first-order valence-corrected chi connectivity index (χ1v) is 11.9. The van der Waals surface area contributed by atoms with E-state index < -0.39 is 0 Å². The van der Waals surface area contributed by atoms with E-state index in [1.807, 2.05) is 60.9 Å². The minimum absolute atomic E-state index is 0.721. The van der Waals surface area contributed by atoms with E-state index in [-0.39, 0.29) is 0 Å². The van der Waals surface area contributed by atoms with Crippen molar-refractivity contribution >= 4 is 0 Å². The lowest BCUT2D eigenvalue weighted by Crippen LogP contribution is -1.96. The molecule has 0 aliphatic carbocycles. The van der Waals surface area contributed by atoms with Crippen molar-refractivity contribution in [2.75, 3.05) is 0 Å². The van der Waals surface area contributed by atoms with Gasteiger partial charge in [-0.25, -0.2) is 9.97 Å². The van der Waals surface area contributed by atoms with Gasteiger partial charge in [0.25, 0.3) is 0 Å². The van der Waals surface area contributed by atoms with Crippen LogP contribution in [-0.2, 0) is 0 Å². The van der Waals surface area contributed by atoms with Gasteiger partial charge in [-0.2, -0.15) is 0 Å². The molecule has 0 aliphatic rings. The van der Waals surface area contributed by atoms with Crippen molar-refractivity contribution in [1.29, 1.82) is 0 Å². The van der Waals surface area contributed by atoms with Crippen molar-refractivity contribution in [3.05, 3.63) is 140 Å². The Morgan fingerprint density at radius 3 is 1.50 bits per heavy atom. The first-order chi connectivity index (χ1) is 17.8. The number of nitrogens with zero attached hydrogens (tertiary/aromatic N) is 3. The second kappa shape index (κ2) is 9.77. The van der Waals surface area contributed by atoms with Crippen LogP contribution in [-0.4, -0.2) is 15.0 Å². The molecule has 0 aliphatic heterocycles. The normalized spacial score (nSPS) is 10.8. The third-order valence-corrected chi connectivity index (χ3v) is 6.22. The Labute approximate surface area is 210 Å². The van der Waals surface area contributed by atoms with E-state index in [1.165, 1.54) is 5.56 Å². The third kappa shape index (κ3) is 4.55. The van der Waals surface area contributed by atoms with E-state index in [0.29, 0.717) is 0 Å². The van der Waals surface area contributed by atoms with Crippen LogP contribution in [0.5, 0.6) is 0 Å². The van der Waals surface area contributed by atoms with Crippen LogP contribution in [0.4, 0.5) is 0 Å². The molecule has 170 valence electrons. The molecule has 3 heteroatoms. The van der Waals surface area contributed by atoms with E-state index in [4.69, 9.17) is 9.97 Å². The molecule has 0 spiro atoms. The Kier molecular flexibility index (Phi) is 5.87. The van der Waals surface area contributed by atoms with Gasteiger partial charge >= 0.3 is 0 Å². The summed E-state index contributed by atoms with van der Waals surface area (Å²) in [6.07, 6.45) is 3.64. The van der Waals surface area contributed by atoms with Crippen LogP contribution in [0, 0.1) is 0 Å². The van der Waals surface area contributed by atoms with Gasteiger partial charge in [0, 0.05) is 29.1 Å². The molecule has 0 amide bonds. The summed E-state index contributed by atoms with van der Waals surface area (Å²) < 4.78 is 0. The van der Waals surface area contributed by atoms with Gasteiger partial charge < -0.3 is 0 Å². The van der Waals surface area contributed by atoms with Gasteiger partial charge in [-0.05, 0) is 46.5 Å². The Bertz CT molecular complexity index is 1540. The van der Waals surface area contributed by atoms with Crippen molar-refractivity contribution in [1.82, 2.24) is 15.0 Å². The van der Waals surface area contributed by atoms with Crippen molar-refractivity contribution in [2.45, 2.75) is 0 Å². The second-order valence-corrected chi connectivity index (χ2v) is 8.59. The molecular weight excluding hydrogens is 438 g/mol. The van der Waals surface area contributed by atoms with Crippen LogP contribution in [0.15, 0.2) is 140 Å². The van der Waals surface area contributed by atoms with Gasteiger partial charge in [0.15, 0.2) is 5.82 Å². The van der Waals surface area contributed by atoms with E-state index in [1.54, 1.807) is 0 Å². The molecule has 0 fully saturated rings. The number of benzene rings is 4. The zero-order valence-electron chi connectivity index (χ0n) is 19.6. The zero-order valence-corrected chi connectivity index (χ0v) is 19.6. The van der Waals surface area contributed by atoms with E-state index in [9.17, 15) is 0 Å². The highest BCUT2D eigenvalue weighted by Crippen LogP contribution is 2.31. The molecule has 0 N–H and O–H groups in total. The lowest BCUT2D eigenvalue weighted by atomic mass is 9.98. The van der Waals surface area contributed by atoms with E-state index >= 15 is 0 Å². The molecule has 6 aromatic rings. The number of hydrogen-bond donors (Lipinski definition) is 0. The summed E-state index contributed by atoms with van der Waals surface area (Å²) in [5.74, 6) is 0.721. The van der Waals surface area contributed by atoms with Crippen molar-refractivity contribution in [3.8, 4) is 56.2 Å². The first-order valence-electron chi connectivity index (χ1n) is 11.9. The van der Waals surface area contributed by atoms with Crippen LogP contribution in [0.1, 0.15) is 0 Å². The Morgan fingerprint density at radius 2 is 0.833 bits per heavy atom. The van der Waals surface area contributed by atoms with Crippen molar-refractivity contribution in [3.63, 3.8) is 0 Å². The zero-order chi connectivity index (χ0) is 24.2. The summed E-state index contributed by atoms with van der Waals surface area (Å²) >= 11 is 0. The second-order valence-electron chi connectivity index (χ2n) is 8.59. The molecule has 4 aromatic carbocycles. The average molecular weight is 462 g/mol. The fourth-order valence-electron chi connectivity index (χ4n) is 4.33. The maximum absolute atomic E-state index is 4.97. The van der Waals surface area contributed by atoms with Crippen LogP contribution in [0.3, 0.4) is 0 Å². The average Bonchev–Trinajstić information content (AvgIpc) is 2.98. The summed E-state index contributed by atoms with van der Waals surface area (Å²) in [5.41, 5.74) is 9.58. The first kappa shape index (κ1) is 21.6. The number of rotatable bonds is 5. The summed E-state index contributed by atoms with van der Waals surface area (Å²) in [4.78, 5) is 14.0. The fraction of sp³-hybridized carbons (Fsp3) is 0. The van der Waals surface area contributed by atoms with E-state index in [2.05, 4.69) is 83.8 Å². The Morgan fingerprint density at radius 1 is 0.333 bits per heavy atom. The van der Waals surface area contributed by atoms with Gasteiger partial charge in [-0.15, -0.1) is 0 Å². The monoisotopic (exact) mass is 461 g/mol. The van der Waals surface area contributed by atoms with Gasteiger partial charge in [0.1, 0.15) is 0 Å². The smallest absolute Gasteiger partial charge is 0.160 e. The van der Waals surface area contributed by atoms with Crippen molar-refractivity contribution in [2.24, 2.45) is 0 Å². The summed E-state index contributed by atoms with van der Waals surface area (Å²) in [6.45, 7) is 0. The molecule has 0 atom stereocenters. The van der Waals surface area contributed by atoms with Gasteiger partial charge in [0.2, 0.25) is 0 Å². The Hall–Kier alpha value is -4.89. The minimum atomic E-state index is 0.721. The minimum Gasteiger partial charge on any atom is -0.265 e. The van der Waals surface area contributed by atoms with E-state index in [0.717, 1.165) is 50.6 Å². The summed E-state index contributed by atoms with van der Waals surface area (Å²) in [7, 11) is 0. The topological polar surface area (TPSA) is 38.7 Å². The molecule has 0 saturated heterocycles. The lowest BCUT2D eigenvalue weighted by Gasteiger charge is -2.11. The molecular formula is C33H23N3. The molecule has 0 saturated carbocycles. The molecule has 0 radical (unpaired) electrons. The van der Waals surface area contributed by atoms with Gasteiger partial charge in [-0.1, -0.05) is 103 Å². The number of hydrogen-bond acceptors (Lipinski definition) is 3. The highest BCUT2D eigenvalue weighted by Gasteiger charge is 2.11. The predicted octanol–water partition coefficient (Wildman–Crippen LogP) is 8.21. The Balaban J connectivity index is 1.41. The maximum atomic E-state index is 4.97. The largest absolute Gasteiger partial charge is 0.265 e. The van der Waals surface area contributed by atoms with Crippen molar-refractivity contribution < 1.29 is 0 Å². The molecule has 0 bridgehead atoms. The van der Waals surface area contributed by atoms with Gasteiger partial charge in [0.05, 0.1) is 11.4 Å². The molecule has 2 aromatic heterocycles. The number of pyridine rings is 1. The molecule has 0 unspecified atom stereocenters. The fourth-order valence-corrected chi connectivity index (χ4v) is 4.33. The van der Waals surface area contributed by atoms with Crippen LogP contribution in [0.25, 0.3) is 56.2 Å². The van der Waals surface area contributed by atoms with Gasteiger partial charge in [-0.3, -0.25) is 4.98 Å². The molecule has 3 nitrogen and oxygen atoms in total. The maximum Gasteiger partial charge on any atom is 0.160 e. The number of aromatic nitrogens is 3. The van der Waals surface area contributed by atoms with Crippen LogP contribution >= 0.6 is 0 Å². The standard InChI is InChI=1S/C33H23N3/c1-3-8-27(9-4-1)31-23-32(36-33(35-31)28-10-5-2-6-11-28)30-13-7-12-29(22-30)25-16-14-24(15-17-25)26-18-20-34-21-19-26/h1-23H. The molecule has 6 rings (SSSR count). The van der Waals surface area contributed by atoms with Crippen LogP contribution < -0.4 is 0 Å². The summed E-state index contributed by atoms with van der Waals surface area (Å²) in [5, 5.41) is 0. The quantitative estimate of drug-likeness (QED) is 0.260. The highest BCUT2D eigenvalue weighted by molar-refractivity contribution is 5.77. The van der Waals surface area contributed by atoms with Crippen LogP contribution in [0.2, 0.25) is 0 Å². The molecule has 36 heavy (non-hydrogen) atoms. The highest BCUT2D eigenvalue weighted by atomic mass is 14.9.